The zero-order valence-corrected chi connectivity index (χ0v) is 12.8. The van der Waals surface area contributed by atoms with Crippen molar-refractivity contribution in [3.63, 3.8) is 0 Å². The average Bonchev–Trinajstić information content (AvgIpc) is 2.84. The Morgan fingerprint density at radius 2 is 1.50 bits per heavy atom. The van der Waals surface area contributed by atoms with Gasteiger partial charge in [0.05, 0.1) is 11.1 Å². The molecule has 120 valence electrons. The lowest BCUT2D eigenvalue weighted by Gasteiger charge is -2.21. The van der Waals surface area contributed by atoms with Crippen LogP contribution >= 0.6 is 0 Å². The summed E-state index contributed by atoms with van der Waals surface area (Å²) >= 11 is 0. The van der Waals surface area contributed by atoms with Crippen molar-refractivity contribution in [2.24, 2.45) is 0 Å². The Labute approximate surface area is 138 Å². The first kappa shape index (κ1) is 15.7. The first-order valence-corrected chi connectivity index (χ1v) is 7.51. The Morgan fingerprint density at radius 3 is 2.04 bits per heavy atom. The van der Waals surface area contributed by atoms with Crippen molar-refractivity contribution in [2.75, 3.05) is 0 Å². The van der Waals surface area contributed by atoms with Crippen molar-refractivity contribution in [2.45, 2.75) is 12.5 Å². The predicted molar refractivity (Wildman–Crippen MR) is 88.5 cm³/mol. The number of imide groups is 1. The summed E-state index contributed by atoms with van der Waals surface area (Å²) in [6, 6.07) is 14.5. The highest BCUT2D eigenvalue weighted by Gasteiger charge is 2.42. The zero-order valence-electron chi connectivity index (χ0n) is 12.8. The van der Waals surface area contributed by atoms with Crippen LogP contribution in [0.2, 0.25) is 0 Å². The molecule has 3 rings (SSSR count). The molecule has 1 N–H and O–H groups in total. The van der Waals surface area contributed by atoms with E-state index in [1.165, 1.54) is 12.1 Å². The molecule has 0 aromatic heterocycles. The number of fused-ring (bicyclic) bond motifs is 1. The van der Waals surface area contributed by atoms with Gasteiger partial charge in [0.25, 0.3) is 11.8 Å². The molecule has 5 nitrogen and oxygen atoms in total. The number of carboxylic acid groups (broad SMARTS) is 1. The molecule has 0 saturated heterocycles. The van der Waals surface area contributed by atoms with Crippen LogP contribution in [0.25, 0.3) is 6.08 Å². The monoisotopic (exact) mass is 321 g/mol. The van der Waals surface area contributed by atoms with Gasteiger partial charge in [-0.1, -0.05) is 54.6 Å². The van der Waals surface area contributed by atoms with Crippen LogP contribution in [0.1, 0.15) is 32.7 Å². The lowest BCUT2D eigenvalue weighted by molar-refractivity contribution is -0.141. The zero-order chi connectivity index (χ0) is 17.1. The third-order valence-corrected chi connectivity index (χ3v) is 3.89. The van der Waals surface area contributed by atoms with Crippen LogP contribution in [0.5, 0.6) is 0 Å². The van der Waals surface area contributed by atoms with E-state index in [9.17, 15) is 19.5 Å². The predicted octanol–water partition coefficient (Wildman–Crippen LogP) is 2.84. The van der Waals surface area contributed by atoms with Crippen LogP contribution in [0, 0.1) is 0 Å². The maximum atomic E-state index is 12.4. The first-order chi connectivity index (χ1) is 11.6. The molecule has 5 heteroatoms. The molecule has 1 heterocycles. The number of hydrogen-bond acceptors (Lipinski definition) is 3. The molecular weight excluding hydrogens is 306 g/mol. The molecule has 0 saturated carbocycles. The summed E-state index contributed by atoms with van der Waals surface area (Å²) in [4.78, 5) is 37.2. The molecule has 0 aliphatic carbocycles. The Bertz CT molecular complexity index is 791. The van der Waals surface area contributed by atoms with Crippen LogP contribution in [-0.2, 0) is 4.79 Å². The topological polar surface area (TPSA) is 74.7 Å². The maximum absolute atomic E-state index is 12.4. The third-order valence-electron chi connectivity index (χ3n) is 3.89. The smallest absolute Gasteiger partial charge is 0.327 e. The van der Waals surface area contributed by atoms with Crippen molar-refractivity contribution in [1.82, 2.24) is 4.90 Å². The molecule has 2 aromatic carbocycles. The molecule has 1 atom stereocenters. The minimum atomic E-state index is -1.22. The van der Waals surface area contributed by atoms with Gasteiger partial charge in [-0.25, -0.2) is 4.79 Å². The van der Waals surface area contributed by atoms with Gasteiger partial charge < -0.3 is 5.11 Å². The van der Waals surface area contributed by atoms with E-state index < -0.39 is 23.8 Å². The van der Waals surface area contributed by atoms with Crippen molar-refractivity contribution in [1.29, 1.82) is 0 Å². The van der Waals surface area contributed by atoms with E-state index in [1.807, 2.05) is 30.3 Å². The molecule has 1 unspecified atom stereocenters. The minimum Gasteiger partial charge on any atom is -0.480 e. The third kappa shape index (κ3) is 2.84. The summed E-state index contributed by atoms with van der Waals surface area (Å²) in [7, 11) is 0. The van der Waals surface area contributed by atoms with Gasteiger partial charge in [-0.2, -0.15) is 0 Å². The van der Waals surface area contributed by atoms with E-state index in [-0.39, 0.29) is 17.5 Å². The average molecular weight is 321 g/mol. The van der Waals surface area contributed by atoms with Gasteiger partial charge in [-0.05, 0) is 24.1 Å². The van der Waals surface area contributed by atoms with Gasteiger partial charge >= 0.3 is 5.97 Å². The molecule has 2 aromatic rings. The number of nitrogens with zero attached hydrogens (tertiary/aromatic N) is 1. The number of rotatable bonds is 5. The van der Waals surface area contributed by atoms with Crippen molar-refractivity contribution in [3.8, 4) is 0 Å². The number of aliphatic carboxylic acids is 1. The fourth-order valence-electron chi connectivity index (χ4n) is 2.70. The van der Waals surface area contributed by atoms with Gasteiger partial charge in [0, 0.05) is 0 Å². The molecule has 0 spiro atoms. The summed E-state index contributed by atoms with van der Waals surface area (Å²) in [6.07, 6.45) is 3.49. The number of carboxylic acids is 1. The van der Waals surface area contributed by atoms with E-state index in [2.05, 4.69) is 0 Å². The van der Waals surface area contributed by atoms with Gasteiger partial charge in [0.15, 0.2) is 0 Å². The van der Waals surface area contributed by atoms with E-state index in [4.69, 9.17) is 0 Å². The summed E-state index contributed by atoms with van der Waals surface area (Å²) in [5, 5.41) is 9.47. The van der Waals surface area contributed by atoms with E-state index in [1.54, 1.807) is 24.3 Å². The highest BCUT2D eigenvalue weighted by Crippen LogP contribution is 2.26. The Hall–Kier alpha value is -3.21. The van der Waals surface area contributed by atoms with Crippen LogP contribution in [-0.4, -0.2) is 33.8 Å². The summed E-state index contributed by atoms with van der Waals surface area (Å²) < 4.78 is 0. The first-order valence-electron chi connectivity index (χ1n) is 7.51. The van der Waals surface area contributed by atoms with Crippen LogP contribution in [0.15, 0.2) is 60.7 Å². The molecule has 24 heavy (non-hydrogen) atoms. The molecule has 2 amide bonds. The number of amides is 2. The van der Waals surface area contributed by atoms with Crippen molar-refractivity contribution >= 4 is 23.9 Å². The second-order valence-corrected chi connectivity index (χ2v) is 5.43. The van der Waals surface area contributed by atoms with Crippen molar-refractivity contribution in [3.05, 3.63) is 77.4 Å². The van der Waals surface area contributed by atoms with Crippen LogP contribution < -0.4 is 0 Å². The highest BCUT2D eigenvalue weighted by molar-refractivity contribution is 6.22. The van der Waals surface area contributed by atoms with Gasteiger partial charge in [0.2, 0.25) is 0 Å². The molecular formula is C19H15NO4. The Morgan fingerprint density at radius 1 is 0.958 bits per heavy atom. The molecule has 0 fully saturated rings. The summed E-state index contributed by atoms with van der Waals surface area (Å²) in [5.74, 6) is -2.32. The maximum Gasteiger partial charge on any atom is 0.327 e. The Balaban J connectivity index is 1.82. The van der Waals surface area contributed by atoms with E-state index in [0.717, 1.165) is 10.5 Å². The quantitative estimate of drug-likeness (QED) is 0.859. The SMILES string of the molecule is O=C(O)C(C/C=C/c1ccccc1)N1C(=O)c2ccccc2C1=O. The number of carbonyl (C=O) groups is 3. The normalized spacial score (nSPS) is 14.9. The molecule has 0 radical (unpaired) electrons. The van der Waals surface area contributed by atoms with Gasteiger partial charge in [-0.3, -0.25) is 14.5 Å². The lowest BCUT2D eigenvalue weighted by Crippen LogP contribution is -2.44. The van der Waals surface area contributed by atoms with Crippen LogP contribution in [0.4, 0.5) is 0 Å². The summed E-state index contributed by atoms with van der Waals surface area (Å²) in [6.45, 7) is 0. The fraction of sp³-hybridized carbons (Fsp3) is 0.105. The van der Waals surface area contributed by atoms with E-state index >= 15 is 0 Å². The number of hydrogen-bond donors (Lipinski definition) is 1. The lowest BCUT2D eigenvalue weighted by atomic mass is 10.1. The number of carbonyl (C=O) groups excluding carboxylic acids is 2. The van der Waals surface area contributed by atoms with Gasteiger partial charge in [0.1, 0.15) is 6.04 Å². The number of benzene rings is 2. The molecule has 0 bridgehead atoms. The van der Waals surface area contributed by atoms with E-state index in [0.29, 0.717) is 0 Å². The molecule has 1 aliphatic rings. The fourth-order valence-corrected chi connectivity index (χ4v) is 2.70. The molecule has 1 aliphatic heterocycles. The largest absolute Gasteiger partial charge is 0.480 e. The highest BCUT2D eigenvalue weighted by atomic mass is 16.4. The van der Waals surface area contributed by atoms with Crippen molar-refractivity contribution < 1.29 is 19.5 Å². The standard InChI is InChI=1S/C19H15NO4/c21-17-14-10-4-5-11-15(14)18(22)20(17)16(19(23)24)12-6-9-13-7-2-1-3-8-13/h1-11,16H,12H2,(H,23,24)/b9-6+. The Kier molecular flexibility index (Phi) is 4.24. The minimum absolute atomic E-state index is 0.0513. The van der Waals surface area contributed by atoms with Gasteiger partial charge in [-0.15, -0.1) is 0 Å². The second-order valence-electron chi connectivity index (χ2n) is 5.43. The van der Waals surface area contributed by atoms with Crippen LogP contribution in [0.3, 0.4) is 0 Å². The second kappa shape index (κ2) is 6.50. The summed E-state index contributed by atoms with van der Waals surface area (Å²) in [5.41, 5.74) is 1.42.